The van der Waals surface area contributed by atoms with Crippen LogP contribution in [0.2, 0.25) is 5.02 Å². The molecule has 12 heteroatoms. The number of aliphatic hydroxyl groups excluding tert-OH is 2. The lowest BCUT2D eigenvalue weighted by Crippen LogP contribution is -2.51. The van der Waals surface area contributed by atoms with Gasteiger partial charge in [-0.25, -0.2) is 0 Å². The molecule has 0 saturated carbocycles. The summed E-state index contributed by atoms with van der Waals surface area (Å²) in [5.74, 6) is -0.536. The minimum atomic E-state index is -4.58. The zero-order valence-corrected chi connectivity index (χ0v) is 22.9. The summed E-state index contributed by atoms with van der Waals surface area (Å²) in [6.07, 6.45) is -4.26. The Balaban J connectivity index is 1.48. The molecule has 0 saturated heterocycles. The molecule has 0 unspecified atom stereocenters. The van der Waals surface area contributed by atoms with Crippen molar-refractivity contribution in [3.8, 4) is 11.5 Å². The standard InChI is InChI=1S/C28H32ClF3N2O6/c1-16(2)40-23-6-3-17(9-21(23)28(30,31)32)12-38-19-4-5-22-20(11-19)25(29)26-18(7-8-34(22)26)10-24(37)39-15-27(33,13-35)14-36/h3-6,9,11,16,18,35-36H,7-8,10,12-15,33H2,1-2H3/t18-/m1/s1. The van der Waals surface area contributed by atoms with Gasteiger partial charge in [-0.05, 0) is 56.2 Å². The topological polar surface area (TPSA) is 116 Å². The highest BCUT2D eigenvalue weighted by Crippen LogP contribution is 2.44. The molecule has 0 aliphatic carbocycles. The summed E-state index contributed by atoms with van der Waals surface area (Å²) in [7, 11) is 0. The first-order valence-electron chi connectivity index (χ1n) is 12.8. The summed E-state index contributed by atoms with van der Waals surface area (Å²) >= 11 is 6.74. The van der Waals surface area contributed by atoms with Gasteiger partial charge in [0, 0.05) is 23.5 Å². The van der Waals surface area contributed by atoms with Crippen molar-refractivity contribution in [1.29, 1.82) is 0 Å². The number of aliphatic hydroxyl groups is 2. The van der Waals surface area contributed by atoms with Gasteiger partial charge in [0.05, 0.1) is 47.4 Å². The third-order valence-corrected chi connectivity index (χ3v) is 7.18. The highest BCUT2D eigenvalue weighted by Gasteiger charge is 2.35. The third kappa shape index (κ3) is 6.49. The van der Waals surface area contributed by atoms with Crippen LogP contribution in [-0.2, 0) is 28.9 Å². The minimum Gasteiger partial charge on any atom is -0.490 e. The number of benzene rings is 2. The maximum absolute atomic E-state index is 13.6. The molecule has 0 fully saturated rings. The van der Waals surface area contributed by atoms with Crippen LogP contribution >= 0.6 is 11.6 Å². The van der Waals surface area contributed by atoms with Gasteiger partial charge in [-0.3, -0.25) is 4.79 Å². The fourth-order valence-corrected chi connectivity index (χ4v) is 5.11. The van der Waals surface area contributed by atoms with Crippen molar-refractivity contribution in [2.75, 3.05) is 19.8 Å². The van der Waals surface area contributed by atoms with Crippen LogP contribution in [0.25, 0.3) is 10.9 Å². The second-order valence-corrected chi connectivity index (χ2v) is 10.7. The van der Waals surface area contributed by atoms with Crippen molar-refractivity contribution in [3.05, 3.63) is 58.2 Å². The second kappa shape index (κ2) is 11.9. The molecule has 1 aliphatic rings. The molecule has 4 N–H and O–H groups in total. The number of ether oxygens (including phenoxy) is 3. The van der Waals surface area contributed by atoms with Crippen LogP contribution in [0.5, 0.6) is 11.5 Å². The number of nitrogens with two attached hydrogens (primary N) is 1. The molecule has 1 atom stereocenters. The molecule has 3 aromatic rings. The molecule has 2 heterocycles. The van der Waals surface area contributed by atoms with Gasteiger partial charge in [0.25, 0.3) is 0 Å². The van der Waals surface area contributed by atoms with Crippen molar-refractivity contribution >= 4 is 28.5 Å². The van der Waals surface area contributed by atoms with Crippen LogP contribution < -0.4 is 15.2 Å². The van der Waals surface area contributed by atoms with Crippen LogP contribution in [0.4, 0.5) is 13.2 Å². The van der Waals surface area contributed by atoms with Gasteiger partial charge in [-0.2, -0.15) is 13.2 Å². The van der Waals surface area contributed by atoms with Crippen LogP contribution in [0.15, 0.2) is 36.4 Å². The number of halogens is 4. The zero-order valence-electron chi connectivity index (χ0n) is 22.1. The van der Waals surface area contributed by atoms with Crippen LogP contribution in [0.3, 0.4) is 0 Å². The van der Waals surface area contributed by atoms with Gasteiger partial charge >= 0.3 is 12.1 Å². The van der Waals surface area contributed by atoms with E-state index in [2.05, 4.69) is 0 Å². The minimum absolute atomic E-state index is 0.0460. The number of nitrogens with zero attached hydrogens (tertiary/aromatic N) is 1. The Morgan fingerprint density at radius 1 is 1.18 bits per heavy atom. The molecule has 2 aromatic carbocycles. The van der Waals surface area contributed by atoms with Gasteiger partial charge in [0.2, 0.25) is 0 Å². The lowest BCUT2D eigenvalue weighted by atomic mass is 10.00. The lowest BCUT2D eigenvalue weighted by Gasteiger charge is -2.24. The number of alkyl halides is 3. The van der Waals surface area contributed by atoms with E-state index < -0.39 is 42.6 Å². The molecule has 8 nitrogen and oxygen atoms in total. The van der Waals surface area contributed by atoms with Crippen LogP contribution in [0.1, 0.15) is 49.4 Å². The maximum atomic E-state index is 13.6. The monoisotopic (exact) mass is 584 g/mol. The predicted octanol–water partition coefficient (Wildman–Crippen LogP) is 4.78. The zero-order chi connectivity index (χ0) is 29.2. The number of hydrogen-bond acceptors (Lipinski definition) is 7. The molecule has 0 bridgehead atoms. The number of esters is 1. The van der Waals surface area contributed by atoms with Crippen molar-refractivity contribution in [2.24, 2.45) is 5.73 Å². The van der Waals surface area contributed by atoms with E-state index in [0.717, 1.165) is 17.3 Å². The quantitative estimate of drug-likeness (QED) is 0.278. The summed E-state index contributed by atoms with van der Waals surface area (Å²) in [5, 5.41) is 19.7. The van der Waals surface area contributed by atoms with Crippen LogP contribution in [-0.4, -0.2) is 52.2 Å². The summed E-state index contributed by atoms with van der Waals surface area (Å²) in [4.78, 5) is 12.5. The van der Waals surface area contributed by atoms with Gasteiger partial charge < -0.3 is 34.7 Å². The van der Waals surface area contributed by atoms with E-state index >= 15 is 0 Å². The van der Waals surface area contributed by atoms with E-state index in [1.165, 1.54) is 12.1 Å². The summed E-state index contributed by atoms with van der Waals surface area (Å²) < 4.78 is 59.1. The average Bonchev–Trinajstić information content (AvgIpc) is 3.44. The number of carbonyl (C=O) groups excluding carboxylic acids is 1. The summed E-state index contributed by atoms with van der Waals surface area (Å²) in [6.45, 7) is 2.47. The van der Waals surface area contributed by atoms with Gasteiger partial charge in [-0.15, -0.1) is 0 Å². The molecule has 0 radical (unpaired) electrons. The molecular formula is C28H32ClF3N2O6. The smallest absolute Gasteiger partial charge is 0.419 e. The number of rotatable bonds is 11. The van der Waals surface area contributed by atoms with Crippen molar-refractivity contribution < 1.29 is 42.4 Å². The molecule has 4 rings (SSSR count). The summed E-state index contributed by atoms with van der Waals surface area (Å²) in [5.41, 5.74) is 5.45. The van der Waals surface area contributed by atoms with Crippen molar-refractivity contribution in [2.45, 2.75) is 63.6 Å². The summed E-state index contributed by atoms with van der Waals surface area (Å²) in [6, 6.07) is 9.13. The van der Waals surface area contributed by atoms with Gasteiger partial charge in [-0.1, -0.05) is 17.7 Å². The Morgan fingerprint density at radius 3 is 2.55 bits per heavy atom. The number of carbonyl (C=O) groups is 1. The first-order chi connectivity index (χ1) is 18.8. The maximum Gasteiger partial charge on any atom is 0.419 e. The Hall–Kier alpha value is -2.99. The van der Waals surface area contributed by atoms with Crippen LogP contribution in [0, 0.1) is 0 Å². The van der Waals surface area contributed by atoms with Crippen molar-refractivity contribution in [3.63, 3.8) is 0 Å². The number of hydrogen-bond donors (Lipinski definition) is 3. The SMILES string of the molecule is CC(C)Oc1ccc(COc2ccc3c(c2)c(Cl)c2n3CC[C@@H]2CC(=O)OCC(N)(CO)CO)cc1C(F)(F)F. The fraction of sp³-hybridized carbons (Fsp3) is 0.464. The van der Waals surface area contributed by atoms with E-state index in [1.807, 2.05) is 10.6 Å². The Labute approximate surface area is 234 Å². The Morgan fingerprint density at radius 2 is 1.90 bits per heavy atom. The normalized spacial score (nSPS) is 15.5. The molecular weight excluding hydrogens is 553 g/mol. The number of fused-ring (bicyclic) bond motifs is 3. The third-order valence-electron chi connectivity index (χ3n) is 6.78. The number of aromatic nitrogens is 1. The molecule has 40 heavy (non-hydrogen) atoms. The molecule has 0 amide bonds. The van der Waals surface area contributed by atoms with Gasteiger partial charge in [0.1, 0.15) is 24.7 Å². The van der Waals surface area contributed by atoms with Gasteiger partial charge in [0.15, 0.2) is 0 Å². The van der Waals surface area contributed by atoms with E-state index in [9.17, 15) is 28.2 Å². The first-order valence-corrected chi connectivity index (χ1v) is 13.2. The predicted molar refractivity (Wildman–Crippen MR) is 143 cm³/mol. The molecule has 1 aliphatic heterocycles. The largest absolute Gasteiger partial charge is 0.490 e. The lowest BCUT2D eigenvalue weighted by molar-refractivity contribution is -0.147. The average molecular weight is 585 g/mol. The van der Waals surface area contributed by atoms with Crippen molar-refractivity contribution in [1.82, 2.24) is 4.57 Å². The van der Waals surface area contributed by atoms with E-state index in [1.54, 1.807) is 26.0 Å². The van der Waals surface area contributed by atoms with E-state index in [-0.39, 0.29) is 31.3 Å². The van der Waals surface area contributed by atoms with E-state index in [0.29, 0.717) is 34.7 Å². The first kappa shape index (κ1) is 30.0. The van der Waals surface area contributed by atoms with E-state index in [4.69, 9.17) is 31.5 Å². The molecule has 0 spiro atoms. The fourth-order valence-electron chi connectivity index (χ4n) is 4.70. The number of aryl methyl sites for hydroxylation is 1. The Bertz CT molecular complexity index is 1370. The highest BCUT2D eigenvalue weighted by molar-refractivity contribution is 6.36. The Kier molecular flexibility index (Phi) is 8.89. The highest BCUT2D eigenvalue weighted by atomic mass is 35.5. The molecule has 1 aromatic heterocycles. The molecule has 218 valence electrons. The second-order valence-electron chi connectivity index (χ2n) is 10.3.